The van der Waals surface area contributed by atoms with E-state index >= 15 is 0 Å². The van der Waals surface area contributed by atoms with Crippen molar-refractivity contribution in [2.45, 2.75) is 27.3 Å². The fourth-order valence-corrected chi connectivity index (χ4v) is 6.93. The minimum absolute atomic E-state index is 0.0455. The third-order valence-electron chi connectivity index (χ3n) is 6.59. The Morgan fingerprint density at radius 1 is 1.02 bits per heavy atom. The summed E-state index contributed by atoms with van der Waals surface area (Å²) in [5, 5.41) is 14.5. The van der Waals surface area contributed by atoms with E-state index in [1.165, 1.54) is 18.7 Å². The highest BCUT2D eigenvalue weighted by Gasteiger charge is 2.39. The number of amides is 1. The van der Waals surface area contributed by atoms with Gasteiger partial charge in [-0.3, -0.25) is 14.5 Å². The number of Topliss-reactive ketones (excluding diaryl/α,β-unsaturated/α-hetero) is 1. The normalized spacial score (nSPS) is 18.3. The van der Waals surface area contributed by atoms with Crippen LogP contribution in [0.4, 0.5) is 11.4 Å². The fraction of sp³-hybridized carbons (Fsp3) is 0.194. The summed E-state index contributed by atoms with van der Waals surface area (Å²) in [6.07, 6.45) is 0. The molecular weight excluding hydrogens is 541 g/mol. The molecule has 0 aliphatic carbocycles. The van der Waals surface area contributed by atoms with E-state index < -0.39 is 0 Å². The van der Waals surface area contributed by atoms with Crippen LogP contribution in [-0.2, 0) is 11.3 Å². The number of carbonyl (C=O) groups excluding carboxylic acids is 2. The lowest BCUT2D eigenvalue weighted by Gasteiger charge is -2.19. The first-order valence-corrected chi connectivity index (χ1v) is 14.6. The Balaban J connectivity index is 1.58. The van der Waals surface area contributed by atoms with Crippen molar-refractivity contribution in [2.75, 3.05) is 18.9 Å². The zero-order chi connectivity index (χ0) is 28.4. The van der Waals surface area contributed by atoms with E-state index in [0.29, 0.717) is 34.4 Å². The third-order valence-corrected chi connectivity index (χ3v) is 8.96. The number of allylic oxidation sites excluding steroid dienone is 1. The lowest BCUT2D eigenvalue weighted by molar-refractivity contribution is -0.122. The van der Waals surface area contributed by atoms with Gasteiger partial charge in [0, 0.05) is 24.1 Å². The standard InChI is InChI=1S/C31H30N4O3S2/c1-5-32-25-16-13-23(19(2)36)17-26(25)33-31-35(18-21-9-7-6-8-10-21)29(38)28(40-31)30-34(4)27(20(3)39-30)22-11-14-24(37)15-12-22/h6-17,32,37H,5,18H2,1-4H3/b30-28-,33-31?. The SMILES string of the molecule is CCNc1ccc(C(C)=O)cc1N=C1S/C(=C2\SC(C)=C(c3ccc(O)cc3)N2C)C(=O)N1Cc1ccccc1. The van der Waals surface area contributed by atoms with Crippen molar-refractivity contribution in [1.29, 1.82) is 0 Å². The number of anilines is 1. The van der Waals surface area contributed by atoms with Gasteiger partial charge in [-0.05, 0) is 86.1 Å². The molecule has 204 valence electrons. The van der Waals surface area contributed by atoms with Crippen molar-refractivity contribution >= 4 is 57.5 Å². The summed E-state index contributed by atoms with van der Waals surface area (Å²) in [4.78, 5) is 36.6. The molecule has 7 nitrogen and oxygen atoms in total. The Bertz CT molecular complexity index is 1560. The highest BCUT2D eigenvalue weighted by molar-refractivity contribution is 8.19. The number of nitrogens with zero attached hydrogens (tertiary/aromatic N) is 3. The van der Waals surface area contributed by atoms with E-state index in [9.17, 15) is 14.7 Å². The molecule has 40 heavy (non-hydrogen) atoms. The van der Waals surface area contributed by atoms with Crippen LogP contribution in [0.5, 0.6) is 5.75 Å². The third kappa shape index (κ3) is 5.52. The van der Waals surface area contributed by atoms with Gasteiger partial charge in [-0.1, -0.05) is 42.1 Å². The molecule has 1 amide bonds. The molecule has 2 aliphatic rings. The van der Waals surface area contributed by atoms with E-state index in [-0.39, 0.29) is 17.4 Å². The number of rotatable bonds is 7. The number of nitrogens with one attached hydrogen (secondary N) is 1. The van der Waals surface area contributed by atoms with Crippen LogP contribution in [0.3, 0.4) is 0 Å². The molecule has 2 N–H and O–H groups in total. The zero-order valence-electron chi connectivity index (χ0n) is 22.8. The molecule has 0 aromatic heterocycles. The quantitative estimate of drug-likeness (QED) is 0.233. The molecular formula is C31H30N4O3S2. The Hall–Kier alpha value is -3.95. The Labute approximate surface area is 242 Å². The van der Waals surface area contributed by atoms with Crippen LogP contribution in [-0.4, -0.2) is 45.4 Å². The Morgan fingerprint density at radius 3 is 2.42 bits per heavy atom. The fourth-order valence-electron chi connectivity index (χ4n) is 4.62. The molecule has 1 fully saturated rings. The van der Waals surface area contributed by atoms with Gasteiger partial charge in [0.15, 0.2) is 11.0 Å². The minimum atomic E-state index is -0.116. The summed E-state index contributed by atoms with van der Waals surface area (Å²) < 4.78 is 0. The lowest BCUT2D eigenvalue weighted by atomic mass is 10.1. The maximum absolute atomic E-state index is 14.0. The summed E-state index contributed by atoms with van der Waals surface area (Å²) in [6.45, 7) is 6.64. The summed E-state index contributed by atoms with van der Waals surface area (Å²) >= 11 is 2.91. The summed E-state index contributed by atoms with van der Waals surface area (Å²) in [7, 11) is 1.96. The van der Waals surface area contributed by atoms with E-state index in [1.54, 1.807) is 40.9 Å². The second-order valence-corrected chi connectivity index (χ2v) is 11.6. The van der Waals surface area contributed by atoms with Gasteiger partial charge >= 0.3 is 0 Å². The first-order valence-electron chi connectivity index (χ1n) is 12.9. The molecule has 0 radical (unpaired) electrons. The number of phenolic OH excluding ortho intramolecular Hbond substituents is 1. The topological polar surface area (TPSA) is 85.2 Å². The maximum atomic E-state index is 14.0. The molecule has 2 heterocycles. The number of aromatic hydroxyl groups is 1. The predicted octanol–water partition coefficient (Wildman–Crippen LogP) is 7.03. The number of hydrogen-bond donors (Lipinski definition) is 2. The molecule has 0 bridgehead atoms. The molecule has 2 aliphatic heterocycles. The van der Waals surface area contributed by atoms with Crippen molar-refractivity contribution in [3.8, 4) is 5.75 Å². The Kier molecular flexibility index (Phi) is 8.04. The second kappa shape index (κ2) is 11.7. The highest BCUT2D eigenvalue weighted by atomic mass is 32.2. The van der Waals surface area contributed by atoms with Crippen molar-refractivity contribution in [3.05, 3.63) is 104 Å². The van der Waals surface area contributed by atoms with Crippen molar-refractivity contribution in [2.24, 2.45) is 4.99 Å². The molecule has 0 saturated carbocycles. The van der Waals surface area contributed by atoms with E-state index in [4.69, 9.17) is 4.99 Å². The maximum Gasteiger partial charge on any atom is 0.269 e. The van der Waals surface area contributed by atoms with Gasteiger partial charge in [0.2, 0.25) is 0 Å². The average molecular weight is 571 g/mol. The highest BCUT2D eigenvalue weighted by Crippen LogP contribution is 2.50. The molecule has 3 aromatic carbocycles. The van der Waals surface area contributed by atoms with Gasteiger partial charge in [0.1, 0.15) is 10.7 Å². The van der Waals surface area contributed by atoms with Gasteiger partial charge in [-0.2, -0.15) is 0 Å². The van der Waals surface area contributed by atoms with Crippen LogP contribution in [0, 0.1) is 0 Å². The number of amidine groups is 1. The van der Waals surface area contributed by atoms with Gasteiger partial charge in [-0.15, -0.1) is 0 Å². The van der Waals surface area contributed by atoms with Gasteiger partial charge < -0.3 is 15.3 Å². The van der Waals surface area contributed by atoms with Gasteiger partial charge in [0.25, 0.3) is 5.91 Å². The first-order chi connectivity index (χ1) is 19.3. The molecule has 0 atom stereocenters. The molecule has 5 rings (SSSR count). The molecule has 0 spiro atoms. The summed E-state index contributed by atoms with van der Waals surface area (Å²) in [5.74, 6) is 0.0453. The number of carbonyl (C=O) groups is 2. The number of aliphatic imine (C=N–C) groups is 1. The van der Waals surface area contributed by atoms with Crippen LogP contribution < -0.4 is 5.32 Å². The van der Waals surface area contributed by atoms with E-state index in [2.05, 4.69) is 5.32 Å². The lowest BCUT2D eigenvalue weighted by Crippen LogP contribution is -2.29. The number of ketones is 1. The van der Waals surface area contributed by atoms with Gasteiger partial charge in [-0.25, -0.2) is 4.99 Å². The van der Waals surface area contributed by atoms with Crippen molar-refractivity contribution in [3.63, 3.8) is 0 Å². The Morgan fingerprint density at radius 2 is 1.75 bits per heavy atom. The molecule has 0 unspecified atom stereocenters. The zero-order valence-corrected chi connectivity index (χ0v) is 24.4. The smallest absolute Gasteiger partial charge is 0.269 e. The van der Waals surface area contributed by atoms with Crippen molar-refractivity contribution in [1.82, 2.24) is 9.80 Å². The largest absolute Gasteiger partial charge is 0.508 e. The first kappa shape index (κ1) is 27.6. The number of benzene rings is 3. The predicted molar refractivity (Wildman–Crippen MR) is 165 cm³/mol. The molecule has 1 saturated heterocycles. The number of thioether (sulfide) groups is 2. The summed E-state index contributed by atoms with van der Waals surface area (Å²) in [5.41, 5.74) is 4.92. The summed E-state index contributed by atoms with van der Waals surface area (Å²) in [6, 6.07) is 22.3. The van der Waals surface area contributed by atoms with Crippen LogP contribution in [0.2, 0.25) is 0 Å². The molecule has 9 heteroatoms. The number of phenols is 1. The average Bonchev–Trinajstić information content (AvgIpc) is 3.40. The monoisotopic (exact) mass is 570 g/mol. The molecule has 3 aromatic rings. The number of hydrogen-bond acceptors (Lipinski definition) is 8. The van der Waals surface area contributed by atoms with E-state index in [0.717, 1.165) is 32.4 Å². The van der Waals surface area contributed by atoms with Crippen molar-refractivity contribution < 1.29 is 14.7 Å². The van der Waals surface area contributed by atoms with Crippen LogP contribution in [0.1, 0.15) is 42.3 Å². The second-order valence-electron chi connectivity index (χ2n) is 9.44. The van der Waals surface area contributed by atoms with Crippen LogP contribution in [0.15, 0.2) is 92.6 Å². The van der Waals surface area contributed by atoms with E-state index in [1.807, 2.05) is 74.3 Å². The van der Waals surface area contributed by atoms with Gasteiger partial charge in [0.05, 0.1) is 28.6 Å². The van der Waals surface area contributed by atoms with Crippen LogP contribution >= 0.6 is 23.5 Å². The van der Waals surface area contributed by atoms with Crippen LogP contribution in [0.25, 0.3) is 5.70 Å². The minimum Gasteiger partial charge on any atom is -0.508 e.